The van der Waals surface area contributed by atoms with Gasteiger partial charge in [0.05, 0.1) is 22.6 Å². The molecule has 2 aliphatic rings. The number of aromatic nitrogens is 2. The quantitative estimate of drug-likeness (QED) is 0.827. The minimum absolute atomic E-state index is 0.0266. The van der Waals surface area contributed by atoms with Gasteiger partial charge in [0.1, 0.15) is 0 Å². The molecule has 0 aromatic carbocycles. The van der Waals surface area contributed by atoms with Crippen LogP contribution in [0.15, 0.2) is 24.3 Å². The van der Waals surface area contributed by atoms with Gasteiger partial charge < -0.3 is 10.6 Å². The second-order valence-corrected chi connectivity index (χ2v) is 5.75. The van der Waals surface area contributed by atoms with Crippen molar-refractivity contribution in [3.63, 3.8) is 0 Å². The number of nitrogens with zero attached hydrogens (tertiary/aromatic N) is 2. The van der Waals surface area contributed by atoms with Gasteiger partial charge in [0, 0.05) is 31.6 Å². The molecular formula is C17H18N4O. The van der Waals surface area contributed by atoms with Crippen molar-refractivity contribution in [1.82, 2.24) is 20.6 Å². The van der Waals surface area contributed by atoms with E-state index in [4.69, 9.17) is 4.98 Å². The van der Waals surface area contributed by atoms with E-state index in [0.29, 0.717) is 12.1 Å². The van der Waals surface area contributed by atoms with Crippen molar-refractivity contribution in [2.75, 3.05) is 19.6 Å². The molecule has 0 fully saturated rings. The van der Waals surface area contributed by atoms with Gasteiger partial charge in [-0.3, -0.25) is 14.8 Å². The van der Waals surface area contributed by atoms with Gasteiger partial charge in [0.2, 0.25) is 0 Å². The van der Waals surface area contributed by atoms with E-state index >= 15 is 0 Å². The molecule has 0 bridgehead atoms. The van der Waals surface area contributed by atoms with E-state index in [1.807, 2.05) is 18.2 Å². The lowest BCUT2D eigenvalue weighted by Crippen LogP contribution is -2.32. The lowest BCUT2D eigenvalue weighted by atomic mass is 10.0. The van der Waals surface area contributed by atoms with Gasteiger partial charge in [-0.2, -0.15) is 0 Å². The first kappa shape index (κ1) is 13.4. The van der Waals surface area contributed by atoms with Crippen molar-refractivity contribution in [2.45, 2.75) is 19.3 Å². The van der Waals surface area contributed by atoms with E-state index < -0.39 is 0 Å². The summed E-state index contributed by atoms with van der Waals surface area (Å²) in [5, 5.41) is 6.24. The van der Waals surface area contributed by atoms with Gasteiger partial charge >= 0.3 is 0 Å². The maximum atomic E-state index is 11.8. The van der Waals surface area contributed by atoms with Crippen LogP contribution in [0.1, 0.15) is 27.3 Å². The number of hydrogen-bond donors (Lipinski definition) is 2. The van der Waals surface area contributed by atoms with E-state index in [0.717, 1.165) is 49.4 Å². The SMILES string of the molecule is O=C1NCCc2nc(-c3ccc4c(n3)CCNCC4)ccc21. The molecule has 0 radical (unpaired) electrons. The molecule has 2 N–H and O–H groups in total. The van der Waals surface area contributed by atoms with Crippen LogP contribution >= 0.6 is 0 Å². The molecule has 4 rings (SSSR count). The van der Waals surface area contributed by atoms with Gasteiger partial charge in [-0.15, -0.1) is 0 Å². The lowest BCUT2D eigenvalue weighted by Gasteiger charge is -2.16. The molecule has 0 spiro atoms. The predicted molar refractivity (Wildman–Crippen MR) is 83.8 cm³/mol. The highest BCUT2D eigenvalue weighted by molar-refractivity contribution is 5.96. The van der Waals surface area contributed by atoms with Crippen molar-refractivity contribution >= 4 is 5.91 Å². The average molecular weight is 294 g/mol. The Morgan fingerprint density at radius 1 is 0.818 bits per heavy atom. The summed E-state index contributed by atoms with van der Waals surface area (Å²) in [4.78, 5) is 21.3. The molecule has 0 unspecified atom stereocenters. The summed E-state index contributed by atoms with van der Waals surface area (Å²) in [6, 6.07) is 7.97. The zero-order valence-corrected chi connectivity index (χ0v) is 12.4. The fourth-order valence-corrected chi connectivity index (χ4v) is 3.10. The smallest absolute Gasteiger partial charge is 0.253 e. The minimum atomic E-state index is -0.0266. The fraction of sp³-hybridized carbons (Fsp3) is 0.353. The molecule has 1 amide bonds. The summed E-state index contributed by atoms with van der Waals surface area (Å²) in [7, 11) is 0. The molecule has 0 saturated carbocycles. The van der Waals surface area contributed by atoms with Crippen LogP contribution in [0.4, 0.5) is 0 Å². The second kappa shape index (κ2) is 5.50. The third-order valence-corrected chi connectivity index (χ3v) is 4.31. The highest BCUT2D eigenvalue weighted by Crippen LogP contribution is 2.22. The molecule has 5 nitrogen and oxygen atoms in total. The second-order valence-electron chi connectivity index (χ2n) is 5.75. The predicted octanol–water partition coefficient (Wildman–Crippen LogP) is 1.12. The van der Waals surface area contributed by atoms with Crippen LogP contribution in [0.5, 0.6) is 0 Å². The van der Waals surface area contributed by atoms with Crippen molar-refractivity contribution in [3.05, 3.63) is 46.8 Å². The Morgan fingerprint density at radius 2 is 1.55 bits per heavy atom. The summed E-state index contributed by atoms with van der Waals surface area (Å²) in [5.74, 6) is -0.0266. The minimum Gasteiger partial charge on any atom is -0.352 e. The number of rotatable bonds is 1. The number of hydrogen-bond acceptors (Lipinski definition) is 4. The first-order valence-electron chi connectivity index (χ1n) is 7.79. The van der Waals surface area contributed by atoms with Crippen molar-refractivity contribution in [2.24, 2.45) is 0 Å². The van der Waals surface area contributed by atoms with E-state index in [2.05, 4.69) is 21.7 Å². The molecule has 0 saturated heterocycles. The van der Waals surface area contributed by atoms with Gasteiger partial charge in [-0.1, -0.05) is 6.07 Å². The Kier molecular flexibility index (Phi) is 3.35. The van der Waals surface area contributed by atoms with Gasteiger partial charge in [-0.25, -0.2) is 0 Å². The molecule has 0 aliphatic carbocycles. The Labute approximate surface area is 129 Å². The number of carbonyl (C=O) groups is 1. The first-order chi connectivity index (χ1) is 10.8. The monoisotopic (exact) mass is 294 g/mol. The van der Waals surface area contributed by atoms with Crippen molar-refractivity contribution < 1.29 is 4.79 Å². The standard InChI is InChI=1S/C17H18N4O/c22-17-12-2-4-16(21-14(12)7-10-19-17)15-3-1-11-5-8-18-9-6-13(11)20-15/h1-4,18H,5-10H2,(H,19,22). The number of carbonyl (C=O) groups excluding carboxylic acids is 1. The van der Waals surface area contributed by atoms with Gasteiger partial charge in [-0.05, 0) is 36.7 Å². The van der Waals surface area contributed by atoms with Crippen LogP contribution < -0.4 is 10.6 Å². The van der Waals surface area contributed by atoms with Crippen LogP contribution in [-0.4, -0.2) is 35.5 Å². The average Bonchev–Trinajstić information content (AvgIpc) is 2.79. The summed E-state index contributed by atoms with van der Waals surface area (Å²) in [5.41, 5.74) is 5.81. The zero-order chi connectivity index (χ0) is 14.9. The maximum absolute atomic E-state index is 11.8. The van der Waals surface area contributed by atoms with Crippen LogP contribution in [0.3, 0.4) is 0 Å². The Hall–Kier alpha value is -2.27. The molecule has 22 heavy (non-hydrogen) atoms. The lowest BCUT2D eigenvalue weighted by molar-refractivity contribution is 0.0945. The van der Waals surface area contributed by atoms with Crippen LogP contribution in [0.2, 0.25) is 0 Å². The number of nitrogens with one attached hydrogen (secondary N) is 2. The zero-order valence-electron chi connectivity index (χ0n) is 12.4. The molecule has 2 aromatic heterocycles. The molecule has 2 aromatic rings. The molecule has 4 heterocycles. The Balaban J connectivity index is 1.73. The highest BCUT2D eigenvalue weighted by atomic mass is 16.1. The van der Waals surface area contributed by atoms with Crippen LogP contribution in [0, 0.1) is 0 Å². The number of fused-ring (bicyclic) bond motifs is 2. The van der Waals surface area contributed by atoms with E-state index in [1.54, 1.807) is 0 Å². The summed E-state index contributed by atoms with van der Waals surface area (Å²) in [6.07, 6.45) is 2.76. The molecule has 2 aliphatic heterocycles. The van der Waals surface area contributed by atoms with Gasteiger partial charge in [0.15, 0.2) is 0 Å². The third-order valence-electron chi connectivity index (χ3n) is 4.31. The molecule has 112 valence electrons. The summed E-state index contributed by atoms with van der Waals surface area (Å²) in [6.45, 7) is 2.65. The van der Waals surface area contributed by atoms with Crippen molar-refractivity contribution in [1.29, 1.82) is 0 Å². The highest BCUT2D eigenvalue weighted by Gasteiger charge is 2.19. The van der Waals surface area contributed by atoms with E-state index in [9.17, 15) is 4.79 Å². The fourth-order valence-electron chi connectivity index (χ4n) is 3.10. The molecular weight excluding hydrogens is 276 g/mol. The van der Waals surface area contributed by atoms with Crippen LogP contribution in [-0.2, 0) is 19.3 Å². The van der Waals surface area contributed by atoms with Gasteiger partial charge in [0.25, 0.3) is 5.91 Å². The number of amides is 1. The molecule has 0 atom stereocenters. The third kappa shape index (κ3) is 2.37. The molecule has 5 heteroatoms. The summed E-state index contributed by atoms with van der Waals surface area (Å²) < 4.78 is 0. The Morgan fingerprint density at radius 3 is 2.45 bits per heavy atom. The Bertz CT molecular complexity index is 741. The van der Waals surface area contributed by atoms with Crippen LogP contribution in [0.25, 0.3) is 11.4 Å². The first-order valence-corrected chi connectivity index (χ1v) is 7.79. The summed E-state index contributed by atoms with van der Waals surface area (Å²) >= 11 is 0. The normalized spacial score (nSPS) is 17.2. The van der Waals surface area contributed by atoms with Crippen molar-refractivity contribution in [3.8, 4) is 11.4 Å². The largest absolute Gasteiger partial charge is 0.352 e. The maximum Gasteiger partial charge on any atom is 0.253 e. The van der Waals surface area contributed by atoms with E-state index in [1.165, 1.54) is 11.3 Å². The van der Waals surface area contributed by atoms with E-state index in [-0.39, 0.29) is 5.91 Å². The topological polar surface area (TPSA) is 66.9 Å². The number of pyridine rings is 2.